The molecule has 5 atom stereocenters. The second kappa shape index (κ2) is 13.8. The minimum atomic E-state index is -0.517. The van der Waals surface area contributed by atoms with Crippen LogP contribution < -0.4 is 10.1 Å². The van der Waals surface area contributed by atoms with Crippen LogP contribution >= 0.6 is 0 Å². The van der Waals surface area contributed by atoms with E-state index in [4.69, 9.17) is 4.74 Å². The predicted molar refractivity (Wildman–Crippen MR) is 161 cm³/mol. The summed E-state index contributed by atoms with van der Waals surface area (Å²) >= 11 is 0. The van der Waals surface area contributed by atoms with E-state index in [2.05, 4.69) is 75.7 Å². The van der Waals surface area contributed by atoms with Gasteiger partial charge in [-0.3, -0.25) is 9.69 Å². The number of hydrogen-bond acceptors (Lipinski definition) is 5. The van der Waals surface area contributed by atoms with Crippen molar-refractivity contribution in [3.8, 4) is 5.75 Å². The molecule has 0 aromatic heterocycles. The number of rotatable bonds is 12. The van der Waals surface area contributed by atoms with Crippen LogP contribution in [-0.2, 0) is 0 Å². The molecule has 0 aliphatic carbocycles. The number of carbonyl (C=O) groups excluding carboxylic acids is 1. The van der Waals surface area contributed by atoms with Crippen LogP contribution in [0.3, 0.4) is 0 Å². The van der Waals surface area contributed by atoms with Gasteiger partial charge < -0.3 is 20.1 Å². The number of likely N-dealkylation sites (tertiary alicyclic amines) is 1. The maximum Gasteiger partial charge on any atom is 0.251 e. The summed E-state index contributed by atoms with van der Waals surface area (Å²) < 4.78 is 6.04. The van der Waals surface area contributed by atoms with E-state index >= 15 is 0 Å². The molecular weight excluding hydrogens is 486 g/mol. The Hall–Kier alpha value is -2.41. The fourth-order valence-corrected chi connectivity index (χ4v) is 6.00. The molecule has 0 bridgehead atoms. The van der Waals surface area contributed by atoms with E-state index in [9.17, 15) is 9.90 Å². The molecule has 216 valence electrons. The number of aliphatic hydroxyl groups excluding tert-OH is 1. The summed E-state index contributed by atoms with van der Waals surface area (Å²) in [6.07, 6.45) is 2.71. The first-order valence-electron chi connectivity index (χ1n) is 14.7. The van der Waals surface area contributed by atoms with Gasteiger partial charge in [0.15, 0.2) is 0 Å². The first-order chi connectivity index (χ1) is 18.4. The number of nitrogens with one attached hydrogen (secondary N) is 1. The molecule has 6 heteroatoms. The van der Waals surface area contributed by atoms with E-state index in [1.54, 1.807) is 0 Å². The predicted octanol–water partition coefficient (Wildman–Crippen LogP) is 5.73. The van der Waals surface area contributed by atoms with Gasteiger partial charge in [0.2, 0.25) is 0 Å². The molecular formula is C33H51N3O3. The molecule has 2 aromatic carbocycles. The zero-order valence-electron chi connectivity index (χ0n) is 25.7. The molecule has 1 amide bonds. The molecule has 0 spiro atoms. The monoisotopic (exact) mass is 537 g/mol. The molecule has 6 nitrogen and oxygen atoms in total. The van der Waals surface area contributed by atoms with E-state index in [1.165, 1.54) is 16.7 Å². The van der Waals surface area contributed by atoms with Gasteiger partial charge in [0, 0.05) is 36.3 Å². The van der Waals surface area contributed by atoms with Crippen LogP contribution in [0.25, 0.3) is 0 Å². The molecule has 0 radical (unpaired) electrons. The Balaban J connectivity index is 1.66. The van der Waals surface area contributed by atoms with Crippen molar-refractivity contribution in [2.75, 3.05) is 26.7 Å². The Morgan fingerprint density at radius 3 is 2.49 bits per heavy atom. The first kappa shape index (κ1) is 31.1. The smallest absolute Gasteiger partial charge is 0.251 e. The normalized spacial score (nSPS) is 20.2. The molecule has 1 aliphatic heterocycles. The molecule has 1 aliphatic rings. The zero-order chi connectivity index (χ0) is 28.9. The fourth-order valence-electron chi connectivity index (χ4n) is 6.00. The number of likely N-dealkylation sites (N-methyl/N-ethyl adjacent to an activating group) is 1. The molecule has 1 saturated heterocycles. The molecule has 3 unspecified atom stereocenters. The Morgan fingerprint density at radius 1 is 1.10 bits per heavy atom. The summed E-state index contributed by atoms with van der Waals surface area (Å²) in [6, 6.07) is 11.4. The third-order valence-corrected chi connectivity index (χ3v) is 8.79. The van der Waals surface area contributed by atoms with Crippen LogP contribution in [0.15, 0.2) is 30.3 Å². The minimum absolute atomic E-state index is 0.00441. The number of ether oxygens (including phenoxy) is 1. The van der Waals surface area contributed by atoms with Crippen molar-refractivity contribution in [1.82, 2.24) is 15.1 Å². The summed E-state index contributed by atoms with van der Waals surface area (Å²) in [4.78, 5) is 17.6. The number of amides is 1. The lowest BCUT2D eigenvalue weighted by molar-refractivity contribution is 0.0775. The number of aliphatic hydroxyl groups is 1. The largest absolute Gasteiger partial charge is 0.491 e. The molecule has 1 fully saturated rings. The topological polar surface area (TPSA) is 65.0 Å². The molecule has 2 aromatic rings. The highest BCUT2D eigenvalue weighted by atomic mass is 16.5. The van der Waals surface area contributed by atoms with E-state index in [1.807, 2.05) is 32.2 Å². The fraction of sp³-hybridized carbons (Fsp3) is 0.606. The van der Waals surface area contributed by atoms with Gasteiger partial charge in [-0.05, 0) is 127 Å². The van der Waals surface area contributed by atoms with Crippen LogP contribution in [0.4, 0.5) is 0 Å². The van der Waals surface area contributed by atoms with Gasteiger partial charge in [0.25, 0.3) is 5.91 Å². The quantitative estimate of drug-likeness (QED) is 0.362. The van der Waals surface area contributed by atoms with Gasteiger partial charge in [-0.1, -0.05) is 19.1 Å². The summed E-state index contributed by atoms with van der Waals surface area (Å²) in [5.41, 5.74) is 6.76. The third kappa shape index (κ3) is 7.84. The molecule has 0 saturated carbocycles. The second-order valence-corrected chi connectivity index (χ2v) is 11.8. The van der Waals surface area contributed by atoms with Gasteiger partial charge in [-0.15, -0.1) is 0 Å². The van der Waals surface area contributed by atoms with Gasteiger partial charge in [0.05, 0.1) is 0 Å². The van der Waals surface area contributed by atoms with Gasteiger partial charge in [-0.25, -0.2) is 0 Å². The highest BCUT2D eigenvalue weighted by Gasteiger charge is 2.36. The van der Waals surface area contributed by atoms with Gasteiger partial charge in [0.1, 0.15) is 18.5 Å². The molecule has 1 heterocycles. The minimum Gasteiger partial charge on any atom is -0.491 e. The average Bonchev–Trinajstić information content (AvgIpc) is 3.25. The van der Waals surface area contributed by atoms with E-state index in [-0.39, 0.29) is 24.6 Å². The summed E-state index contributed by atoms with van der Waals surface area (Å²) in [5, 5.41) is 13.6. The lowest BCUT2D eigenvalue weighted by Gasteiger charge is -2.37. The highest BCUT2D eigenvalue weighted by Crippen LogP contribution is 2.38. The average molecular weight is 538 g/mol. The van der Waals surface area contributed by atoms with E-state index < -0.39 is 6.10 Å². The van der Waals surface area contributed by atoms with Crippen molar-refractivity contribution in [3.63, 3.8) is 0 Å². The summed E-state index contributed by atoms with van der Waals surface area (Å²) in [7, 11) is 2.00. The number of aryl methyl sites for hydroxylation is 2. The number of nitrogens with zero attached hydrogens (tertiary/aromatic N) is 2. The Morgan fingerprint density at radius 2 is 1.82 bits per heavy atom. The lowest BCUT2D eigenvalue weighted by Crippen LogP contribution is -2.42. The van der Waals surface area contributed by atoms with Crippen LogP contribution in [0.1, 0.15) is 91.2 Å². The molecule has 3 rings (SSSR count). The van der Waals surface area contributed by atoms with Crippen molar-refractivity contribution < 1.29 is 14.6 Å². The van der Waals surface area contributed by atoms with Crippen molar-refractivity contribution >= 4 is 5.91 Å². The summed E-state index contributed by atoms with van der Waals surface area (Å²) in [6.45, 7) is 19.0. The molecule has 2 N–H and O–H groups in total. The Bertz CT molecular complexity index is 1120. The van der Waals surface area contributed by atoms with Crippen molar-refractivity contribution in [1.29, 1.82) is 0 Å². The molecule has 39 heavy (non-hydrogen) atoms. The highest BCUT2D eigenvalue weighted by molar-refractivity contribution is 5.94. The lowest BCUT2D eigenvalue weighted by atomic mass is 9.95. The maximum atomic E-state index is 12.9. The van der Waals surface area contributed by atoms with Crippen molar-refractivity contribution in [2.45, 2.75) is 105 Å². The van der Waals surface area contributed by atoms with Crippen LogP contribution in [0.5, 0.6) is 5.75 Å². The van der Waals surface area contributed by atoms with Crippen molar-refractivity contribution in [2.24, 2.45) is 0 Å². The maximum absolute atomic E-state index is 12.9. The Labute approximate surface area is 236 Å². The van der Waals surface area contributed by atoms with Gasteiger partial charge in [-0.2, -0.15) is 0 Å². The van der Waals surface area contributed by atoms with Gasteiger partial charge >= 0.3 is 0 Å². The van der Waals surface area contributed by atoms with E-state index in [0.29, 0.717) is 18.6 Å². The van der Waals surface area contributed by atoms with E-state index in [0.717, 1.165) is 48.2 Å². The standard InChI is InChI=1S/C33H51N3O3/c1-10-35(9)19-30(37)20-39-32-16-15-31(25(6)26(32)7)27(8)36-24(5)12-14-29(36)18-23(4)34-33(38)28-13-11-21(2)22(3)17-28/h11,13,15-17,23-24,27,29-30,37H,10,12,14,18-20H2,1-9H3,(H,34,38)/t23-,24?,27?,29?,30+/m1/s1. The number of hydrogen-bond donors (Lipinski definition) is 2. The zero-order valence-corrected chi connectivity index (χ0v) is 25.7. The second-order valence-electron chi connectivity index (χ2n) is 11.8. The third-order valence-electron chi connectivity index (χ3n) is 8.79. The summed E-state index contributed by atoms with van der Waals surface area (Å²) in [5.74, 6) is 0.847. The van der Waals surface area contributed by atoms with Crippen LogP contribution in [0, 0.1) is 27.7 Å². The van der Waals surface area contributed by atoms with Crippen LogP contribution in [0.2, 0.25) is 0 Å². The SMILES string of the molecule is CCN(C)C[C@H](O)COc1ccc(C(C)N2C(C)CCC2C[C@@H](C)NC(=O)c2ccc(C)c(C)c2)c(C)c1C. The van der Waals surface area contributed by atoms with Crippen molar-refractivity contribution in [3.05, 3.63) is 63.7 Å². The number of benzene rings is 2. The van der Waals surface area contributed by atoms with Crippen LogP contribution in [-0.4, -0.2) is 71.8 Å². The Kier molecular flexibility index (Phi) is 11.0. The number of carbonyl (C=O) groups is 1. The first-order valence-corrected chi connectivity index (χ1v) is 14.7.